The maximum atomic E-state index is 13.9. The molecule has 0 saturated carbocycles. The molecule has 0 radical (unpaired) electrons. The van der Waals surface area contributed by atoms with Crippen molar-refractivity contribution in [3.05, 3.63) is 51.3 Å². The number of carbonyl (C=O) groups is 1. The zero-order valence-corrected chi connectivity index (χ0v) is 11.7. The van der Waals surface area contributed by atoms with Gasteiger partial charge in [-0.25, -0.2) is 14.2 Å². The summed E-state index contributed by atoms with van der Waals surface area (Å²) in [5.41, 5.74) is 0.0390. The van der Waals surface area contributed by atoms with E-state index in [4.69, 9.17) is 16.7 Å². The van der Waals surface area contributed by atoms with Gasteiger partial charge < -0.3 is 10.4 Å². The number of rotatable bonds is 3. The molecule has 2 aromatic rings. The third kappa shape index (κ3) is 3.02. The van der Waals surface area contributed by atoms with E-state index in [0.717, 1.165) is 6.07 Å². The van der Waals surface area contributed by atoms with Crippen LogP contribution in [-0.2, 0) is 0 Å². The van der Waals surface area contributed by atoms with E-state index in [1.54, 1.807) is 18.2 Å². The maximum absolute atomic E-state index is 13.9. The molecule has 0 aliphatic rings. The Kier molecular flexibility index (Phi) is 4.01. The van der Waals surface area contributed by atoms with E-state index in [1.807, 2.05) is 0 Å². The van der Waals surface area contributed by atoms with Gasteiger partial charge in [0.1, 0.15) is 5.56 Å². The molecule has 19 heavy (non-hydrogen) atoms. The summed E-state index contributed by atoms with van der Waals surface area (Å²) < 4.78 is 14.5. The van der Waals surface area contributed by atoms with E-state index >= 15 is 0 Å². The molecule has 0 bridgehead atoms. The van der Waals surface area contributed by atoms with Gasteiger partial charge >= 0.3 is 5.97 Å². The Morgan fingerprint density at radius 1 is 1.42 bits per heavy atom. The van der Waals surface area contributed by atoms with Gasteiger partial charge in [0.25, 0.3) is 0 Å². The molecule has 0 amide bonds. The molecule has 1 aromatic heterocycles. The first-order chi connectivity index (χ1) is 8.99. The number of aromatic nitrogens is 1. The third-order valence-electron chi connectivity index (χ3n) is 2.30. The van der Waals surface area contributed by atoms with E-state index in [1.165, 1.54) is 6.20 Å². The lowest BCUT2D eigenvalue weighted by molar-refractivity contribution is 0.0692. The van der Waals surface area contributed by atoms with Crippen molar-refractivity contribution in [2.24, 2.45) is 0 Å². The van der Waals surface area contributed by atoms with E-state index in [-0.39, 0.29) is 5.82 Å². The molecule has 0 aliphatic heterocycles. The first-order valence-electron chi connectivity index (χ1n) is 5.09. The molecule has 1 heterocycles. The highest BCUT2D eigenvalue weighted by molar-refractivity contribution is 9.10. The van der Waals surface area contributed by atoms with Crippen LogP contribution in [0, 0.1) is 5.82 Å². The van der Waals surface area contributed by atoms with Crippen LogP contribution in [0.25, 0.3) is 0 Å². The smallest absolute Gasteiger partial charge is 0.338 e. The number of nitrogens with zero attached hydrogens (tertiary/aromatic N) is 1. The Balaban J connectivity index is 2.41. The quantitative estimate of drug-likeness (QED) is 0.880. The molecule has 0 atom stereocenters. The number of carboxylic acids is 1. The average Bonchev–Trinajstić information content (AvgIpc) is 2.36. The van der Waals surface area contributed by atoms with E-state index in [9.17, 15) is 9.18 Å². The monoisotopic (exact) mass is 344 g/mol. The van der Waals surface area contributed by atoms with Crippen molar-refractivity contribution in [1.29, 1.82) is 0 Å². The Bertz CT molecular complexity index is 652. The Labute approximate surface area is 121 Å². The lowest BCUT2D eigenvalue weighted by atomic mass is 10.2. The highest BCUT2D eigenvalue weighted by Gasteiger charge is 2.15. The Hall–Kier alpha value is -1.66. The van der Waals surface area contributed by atoms with Crippen LogP contribution in [0.4, 0.5) is 15.9 Å². The highest BCUT2D eigenvalue weighted by atomic mass is 79.9. The number of hydrogen-bond acceptors (Lipinski definition) is 3. The van der Waals surface area contributed by atoms with E-state index < -0.39 is 17.3 Å². The van der Waals surface area contributed by atoms with E-state index in [2.05, 4.69) is 26.2 Å². The normalized spacial score (nSPS) is 10.3. The lowest BCUT2D eigenvalue weighted by Crippen LogP contribution is -2.05. The van der Waals surface area contributed by atoms with Gasteiger partial charge in [-0.3, -0.25) is 0 Å². The molecule has 0 spiro atoms. The van der Waals surface area contributed by atoms with Crippen molar-refractivity contribution in [3.63, 3.8) is 0 Å². The zero-order chi connectivity index (χ0) is 14.0. The molecule has 1 aromatic carbocycles. The summed E-state index contributed by atoms with van der Waals surface area (Å²) in [4.78, 5) is 14.6. The molecular weight excluding hydrogens is 338 g/mol. The van der Waals surface area contributed by atoms with Crippen molar-refractivity contribution >= 4 is 45.0 Å². The van der Waals surface area contributed by atoms with Gasteiger partial charge in [0.05, 0.1) is 5.69 Å². The second kappa shape index (κ2) is 5.54. The van der Waals surface area contributed by atoms with Crippen molar-refractivity contribution < 1.29 is 14.3 Å². The predicted molar refractivity (Wildman–Crippen MR) is 73.6 cm³/mol. The summed E-state index contributed by atoms with van der Waals surface area (Å²) in [7, 11) is 0. The van der Waals surface area contributed by atoms with Gasteiger partial charge in [-0.15, -0.1) is 0 Å². The fourth-order valence-corrected chi connectivity index (χ4v) is 1.93. The summed E-state index contributed by atoms with van der Waals surface area (Å²) in [6.45, 7) is 0. The van der Waals surface area contributed by atoms with Crippen LogP contribution in [0.1, 0.15) is 10.4 Å². The van der Waals surface area contributed by atoms with Gasteiger partial charge in [-0.05, 0) is 40.2 Å². The van der Waals surface area contributed by atoms with Crippen molar-refractivity contribution in [2.45, 2.75) is 0 Å². The van der Waals surface area contributed by atoms with Gasteiger partial charge in [-0.1, -0.05) is 11.6 Å². The van der Waals surface area contributed by atoms with Gasteiger partial charge in [-0.2, -0.15) is 0 Å². The minimum atomic E-state index is -1.35. The van der Waals surface area contributed by atoms with Crippen molar-refractivity contribution in [1.82, 2.24) is 4.98 Å². The first-order valence-corrected chi connectivity index (χ1v) is 6.26. The summed E-state index contributed by atoms with van der Waals surface area (Å²) in [5, 5.41) is 12.0. The second-order valence-corrected chi connectivity index (χ2v) is 4.87. The molecule has 2 rings (SSSR count). The number of benzene rings is 1. The maximum Gasteiger partial charge on any atom is 0.338 e. The van der Waals surface area contributed by atoms with Crippen LogP contribution < -0.4 is 5.32 Å². The summed E-state index contributed by atoms with van der Waals surface area (Å²) in [6, 6.07) is 6.01. The Morgan fingerprint density at radius 2 is 2.16 bits per heavy atom. The number of anilines is 2. The number of nitrogens with one attached hydrogen (secondary N) is 1. The van der Waals surface area contributed by atoms with Gasteiger partial charge in [0, 0.05) is 15.7 Å². The molecule has 0 unspecified atom stereocenters. The summed E-state index contributed by atoms with van der Waals surface area (Å²) in [5.74, 6) is -2.46. The molecule has 0 fully saturated rings. The SMILES string of the molecule is O=C(O)c1ccnc(Nc2cc(Cl)ccc2Br)c1F. The summed E-state index contributed by atoms with van der Waals surface area (Å²) >= 11 is 9.11. The zero-order valence-electron chi connectivity index (χ0n) is 9.32. The standard InChI is InChI=1S/C12H7BrClFN2O2/c13-8-2-1-6(14)5-9(8)17-11-10(15)7(12(18)19)3-4-16-11/h1-5H,(H,16,17)(H,18,19). The molecule has 4 nitrogen and oxygen atoms in total. The minimum Gasteiger partial charge on any atom is -0.478 e. The summed E-state index contributed by atoms with van der Waals surface area (Å²) in [6.07, 6.45) is 1.22. The molecule has 0 aliphatic carbocycles. The van der Waals surface area contributed by atoms with Crippen LogP contribution in [0.5, 0.6) is 0 Å². The average molecular weight is 346 g/mol. The van der Waals surface area contributed by atoms with Gasteiger partial charge in [0.15, 0.2) is 11.6 Å². The number of hydrogen-bond donors (Lipinski definition) is 2. The van der Waals surface area contributed by atoms with Crippen LogP contribution >= 0.6 is 27.5 Å². The van der Waals surface area contributed by atoms with Crippen LogP contribution in [-0.4, -0.2) is 16.1 Å². The molecule has 7 heteroatoms. The lowest BCUT2D eigenvalue weighted by Gasteiger charge is -2.10. The molecule has 0 saturated heterocycles. The topological polar surface area (TPSA) is 62.2 Å². The van der Waals surface area contributed by atoms with Crippen LogP contribution in [0.3, 0.4) is 0 Å². The number of carboxylic acid groups (broad SMARTS) is 1. The highest BCUT2D eigenvalue weighted by Crippen LogP contribution is 2.29. The number of aromatic carboxylic acids is 1. The number of halogens is 3. The van der Waals surface area contributed by atoms with Crippen LogP contribution in [0.2, 0.25) is 5.02 Å². The van der Waals surface area contributed by atoms with E-state index in [0.29, 0.717) is 15.2 Å². The van der Waals surface area contributed by atoms with Gasteiger partial charge in [0.2, 0.25) is 0 Å². The molecule has 2 N–H and O–H groups in total. The third-order valence-corrected chi connectivity index (χ3v) is 3.23. The predicted octanol–water partition coefficient (Wildman–Crippen LogP) is 4.08. The number of pyridine rings is 1. The first kappa shape index (κ1) is 13.8. The molecular formula is C12H7BrClFN2O2. The minimum absolute atomic E-state index is 0.178. The largest absolute Gasteiger partial charge is 0.478 e. The van der Waals surface area contributed by atoms with Crippen LogP contribution in [0.15, 0.2) is 34.9 Å². The fourth-order valence-electron chi connectivity index (χ4n) is 1.42. The fraction of sp³-hybridized carbons (Fsp3) is 0. The second-order valence-electron chi connectivity index (χ2n) is 3.58. The molecule has 98 valence electrons. The van der Waals surface area contributed by atoms with Crippen molar-refractivity contribution in [2.75, 3.05) is 5.32 Å². The Morgan fingerprint density at radius 3 is 2.84 bits per heavy atom. The van der Waals surface area contributed by atoms with Crippen molar-refractivity contribution in [3.8, 4) is 0 Å².